The molecule has 1 aliphatic rings. The first-order valence-electron chi connectivity index (χ1n) is 5.78. The molecule has 0 aliphatic carbocycles. The van der Waals surface area contributed by atoms with Gasteiger partial charge in [-0.25, -0.2) is 0 Å². The van der Waals surface area contributed by atoms with Crippen LogP contribution in [-0.2, 0) is 4.74 Å². The number of primary amides is 1. The zero-order chi connectivity index (χ0) is 14.0. The lowest BCUT2D eigenvalue weighted by Gasteiger charge is -2.28. The number of hydrogen-bond donors (Lipinski definition) is 1. The highest BCUT2D eigenvalue weighted by atomic mass is 19.4. The molecule has 1 atom stereocenters. The fraction of sp³-hybridized carbons (Fsp3) is 0.417. The van der Waals surface area contributed by atoms with Crippen molar-refractivity contribution in [2.45, 2.75) is 25.4 Å². The first-order valence-corrected chi connectivity index (χ1v) is 5.78. The molecule has 0 aromatic heterocycles. The molecule has 1 fully saturated rings. The molecule has 7 heteroatoms. The van der Waals surface area contributed by atoms with E-state index in [4.69, 9.17) is 5.73 Å². The summed E-state index contributed by atoms with van der Waals surface area (Å²) in [5.74, 6) is -0.673. The Morgan fingerprint density at radius 2 is 2.05 bits per heavy atom. The van der Waals surface area contributed by atoms with Gasteiger partial charge in [0.05, 0.1) is 11.3 Å². The van der Waals surface area contributed by atoms with E-state index in [2.05, 4.69) is 4.74 Å². The van der Waals surface area contributed by atoms with Crippen LogP contribution in [0.15, 0.2) is 24.3 Å². The number of nitrogens with two attached hydrogens (primary N) is 1. The van der Waals surface area contributed by atoms with Gasteiger partial charge in [-0.05, 0) is 25.0 Å². The lowest BCUT2D eigenvalue weighted by atomic mass is 10.1. The van der Waals surface area contributed by atoms with Crippen LogP contribution in [0.25, 0.3) is 0 Å². The van der Waals surface area contributed by atoms with Crippen LogP contribution in [0.4, 0.5) is 18.9 Å². The summed E-state index contributed by atoms with van der Waals surface area (Å²) in [6.45, 7) is 0.394. The summed E-state index contributed by atoms with van der Waals surface area (Å²) < 4.78 is 41.0. The van der Waals surface area contributed by atoms with E-state index in [-0.39, 0.29) is 12.0 Å². The van der Waals surface area contributed by atoms with E-state index in [1.165, 1.54) is 11.0 Å². The van der Waals surface area contributed by atoms with Gasteiger partial charge in [0, 0.05) is 6.54 Å². The number of carbonyl (C=O) groups is 1. The molecule has 4 nitrogen and oxygen atoms in total. The Morgan fingerprint density at radius 1 is 1.37 bits per heavy atom. The lowest BCUT2D eigenvalue weighted by molar-refractivity contribution is -0.341. The Labute approximate surface area is 107 Å². The summed E-state index contributed by atoms with van der Waals surface area (Å²) in [6, 6.07) is 6.31. The maximum Gasteiger partial charge on any atom is 0.524 e. The van der Waals surface area contributed by atoms with Gasteiger partial charge in [0.2, 0.25) is 0 Å². The van der Waals surface area contributed by atoms with E-state index in [0.29, 0.717) is 18.7 Å². The van der Waals surface area contributed by atoms with Crippen LogP contribution < -0.4 is 10.6 Å². The molecule has 1 saturated heterocycles. The fourth-order valence-electron chi connectivity index (χ4n) is 2.22. The Bertz CT molecular complexity index is 476. The minimum atomic E-state index is -4.70. The van der Waals surface area contributed by atoms with E-state index < -0.39 is 18.5 Å². The summed E-state index contributed by atoms with van der Waals surface area (Å²) in [4.78, 5) is 12.7. The van der Waals surface area contributed by atoms with Crippen molar-refractivity contribution in [1.82, 2.24) is 0 Å². The number of benzene rings is 1. The summed E-state index contributed by atoms with van der Waals surface area (Å²) >= 11 is 0. The first kappa shape index (κ1) is 13.7. The number of hydrogen-bond acceptors (Lipinski definition) is 3. The van der Waals surface area contributed by atoms with Gasteiger partial charge in [-0.3, -0.25) is 9.53 Å². The quantitative estimate of drug-likeness (QED) is 0.919. The standard InChI is InChI=1S/C12H13F3N2O2/c13-12(14,15)19-10-6-3-7-17(10)9-5-2-1-4-8(9)11(16)18/h1-2,4-5,10H,3,6-7H2,(H2,16,18). The number of nitrogens with zero attached hydrogens (tertiary/aromatic N) is 1. The highest BCUT2D eigenvalue weighted by molar-refractivity contribution is 5.98. The average molecular weight is 274 g/mol. The van der Waals surface area contributed by atoms with E-state index in [9.17, 15) is 18.0 Å². The maximum absolute atomic E-state index is 12.3. The van der Waals surface area contributed by atoms with Crippen molar-refractivity contribution in [3.8, 4) is 0 Å². The van der Waals surface area contributed by atoms with Gasteiger partial charge in [0.15, 0.2) is 0 Å². The summed E-state index contributed by atoms with van der Waals surface area (Å²) in [5, 5.41) is 0. The van der Waals surface area contributed by atoms with Gasteiger partial charge in [-0.2, -0.15) is 0 Å². The zero-order valence-corrected chi connectivity index (χ0v) is 9.98. The molecule has 1 amide bonds. The molecule has 2 N–H and O–H groups in total. The van der Waals surface area contributed by atoms with Crippen molar-refractivity contribution in [1.29, 1.82) is 0 Å². The van der Waals surface area contributed by atoms with Gasteiger partial charge < -0.3 is 10.6 Å². The number of carbonyl (C=O) groups excluding carboxylic acids is 1. The molecule has 0 bridgehead atoms. The predicted octanol–water partition coefficient (Wildman–Crippen LogP) is 2.25. The van der Waals surface area contributed by atoms with Crippen molar-refractivity contribution in [2.75, 3.05) is 11.4 Å². The molecule has 1 unspecified atom stereocenters. The number of para-hydroxylation sites is 1. The molecule has 0 radical (unpaired) electrons. The Hall–Kier alpha value is -1.76. The Morgan fingerprint density at radius 3 is 2.68 bits per heavy atom. The molecular formula is C12H13F3N2O2. The highest BCUT2D eigenvalue weighted by Gasteiger charge is 2.38. The topological polar surface area (TPSA) is 55.6 Å². The Balaban J connectivity index is 2.28. The second kappa shape index (κ2) is 5.08. The van der Waals surface area contributed by atoms with Crippen molar-refractivity contribution < 1.29 is 22.7 Å². The molecular weight excluding hydrogens is 261 g/mol. The van der Waals surface area contributed by atoms with Crippen LogP contribution in [0.1, 0.15) is 23.2 Å². The number of halogens is 3. The molecule has 1 aromatic carbocycles. The molecule has 1 aromatic rings. The van der Waals surface area contributed by atoms with E-state index in [1.54, 1.807) is 18.2 Å². The number of anilines is 1. The zero-order valence-electron chi connectivity index (χ0n) is 9.98. The van der Waals surface area contributed by atoms with E-state index >= 15 is 0 Å². The summed E-state index contributed by atoms with van der Waals surface area (Å²) in [6.07, 6.45) is -4.99. The third kappa shape index (κ3) is 3.17. The average Bonchev–Trinajstić information content (AvgIpc) is 2.74. The minimum Gasteiger partial charge on any atom is -0.366 e. The van der Waals surface area contributed by atoms with Crippen LogP contribution in [0, 0.1) is 0 Å². The number of amides is 1. The number of alkyl halides is 3. The van der Waals surface area contributed by atoms with Crippen LogP contribution >= 0.6 is 0 Å². The number of ether oxygens (including phenoxy) is 1. The monoisotopic (exact) mass is 274 g/mol. The van der Waals surface area contributed by atoms with Crippen molar-refractivity contribution in [3.05, 3.63) is 29.8 Å². The molecule has 2 rings (SSSR count). The molecule has 1 aliphatic heterocycles. The van der Waals surface area contributed by atoms with Crippen molar-refractivity contribution in [3.63, 3.8) is 0 Å². The Kier molecular flexibility index (Phi) is 3.66. The van der Waals surface area contributed by atoms with Gasteiger partial charge in [-0.15, -0.1) is 13.2 Å². The lowest BCUT2D eigenvalue weighted by Crippen LogP contribution is -2.37. The highest BCUT2D eigenvalue weighted by Crippen LogP contribution is 2.32. The smallest absolute Gasteiger partial charge is 0.366 e. The third-order valence-corrected chi connectivity index (χ3v) is 2.95. The molecule has 0 saturated carbocycles. The molecule has 19 heavy (non-hydrogen) atoms. The SMILES string of the molecule is NC(=O)c1ccccc1N1CCCC1OC(F)(F)F. The van der Waals surface area contributed by atoms with Crippen LogP contribution in [0.2, 0.25) is 0 Å². The largest absolute Gasteiger partial charge is 0.524 e. The predicted molar refractivity (Wildman–Crippen MR) is 62.5 cm³/mol. The summed E-state index contributed by atoms with van der Waals surface area (Å²) in [7, 11) is 0. The van der Waals surface area contributed by atoms with Crippen LogP contribution in [-0.4, -0.2) is 25.0 Å². The molecule has 104 valence electrons. The second-order valence-electron chi connectivity index (χ2n) is 4.24. The van der Waals surface area contributed by atoms with Crippen LogP contribution in [0.3, 0.4) is 0 Å². The van der Waals surface area contributed by atoms with E-state index in [0.717, 1.165) is 0 Å². The molecule has 1 heterocycles. The minimum absolute atomic E-state index is 0.195. The van der Waals surface area contributed by atoms with Crippen LogP contribution in [0.5, 0.6) is 0 Å². The van der Waals surface area contributed by atoms with Gasteiger partial charge in [0.25, 0.3) is 5.91 Å². The first-order chi connectivity index (χ1) is 8.88. The second-order valence-corrected chi connectivity index (χ2v) is 4.24. The fourth-order valence-corrected chi connectivity index (χ4v) is 2.22. The summed E-state index contributed by atoms with van der Waals surface area (Å²) in [5.41, 5.74) is 5.80. The number of rotatable bonds is 3. The maximum atomic E-state index is 12.3. The van der Waals surface area contributed by atoms with Gasteiger partial charge >= 0.3 is 6.36 Å². The van der Waals surface area contributed by atoms with E-state index in [1.807, 2.05) is 0 Å². The van der Waals surface area contributed by atoms with Gasteiger partial charge in [0.1, 0.15) is 6.23 Å². The molecule has 0 spiro atoms. The van der Waals surface area contributed by atoms with Gasteiger partial charge in [-0.1, -0.05) is 12.1 Å². The third-order valence-electron chi connectivity index (χ3n) is 2.95. The van der Waals surface area contributed by atoms with Crippen molar-refractivity contribution >= 4 is 11.6 Å². The normalized spacial score (nSPS) is 19.7. The van der Waals surface area contributed by atoms with Crippen molar-refractivity contribution in [2.24, 2.45) is 5.73 Å².